The standard InChI is InChI=1S/C27H27NO3/c1-19(2)24-15-21(11-12-26(24)31-18-20-7-4-3-5-8-20)17-28-14-13-23-22(16-27(29)30)9-6-10-25(23)28/h3-15,19H,16-18H2,1-2H3,(H,29,30). The molecule has 0 aliphatic carbocycles. The summed E-state index contributed by atoms with van der Waals surface area (Å²) in [6.45, 7) is 5.63. The van der Waals surface area contributed by atoms with Gasteiger partial charge in [-0.2, -0.15) is 0 Å². The molecular formula is C27H27NO3. The van der Waals surface area contributed by atoms with Crippen molar-refractivity contribution in [3.05, 3.63) is 101 Å². The van der Waals surface area contributed by atoms with Crippen LogP contribution in [0.25, 0.3) is 10.9 Å². The van der Waals surface area contributed by atoms with Gasteiger partial charge in [0.05, 0.1) is 6.42 Å². The molecule has 0 saturated carbocycles. The van der Waals surface area contributed by atoms with Crippen LogP contribution < -0.4 is 4.74 Å². The molecular weight excluding hydrogens is 386 g/mol. The number of nitrogens with zero attached hydrogens (tertiary/aromatic N) is 1. The van der Waals surface area contributed by atoms with Crippen LogP contribution >= 0.6 is 0 Å². The van der Waals surface area contributed by atoms with Crippen LogP contribution in [-0.4, -0.2) is 15.6 Å². The van der Waals surface area contributed by atoms with Gasteiger partial charge in [-0.1, -0.05) is 68.4 Å². The largest absolute Gasteiger partial charge is 0.489 e. The average Bonchev–Trinajstić information content (AvgIpc) is 3.17. The van der Waals surface area contributed by atoms with Crippen LogP contribution in [0.5, 0.6) is 5.75 Å². The van der Waals surface area contributed by atoms with Crippen LogP contribution in [0, 0.1) is 0 Å². The van der Waals surface area contributed by atoms with Gasteiger partial charge in [0.1, 0.15) is 12.4 Å². The Morgan fingerprint density at radius 2 is 1.77 bits per heavy atom. The Balaban J connectivity index is 1.58. The van der Waals surface area contributed by atoms with E-state index in [1.54, 1.807) is 0 Å². The first-order chi connectivity index (χ1) is 15.0. The van der Waals surface area contributed by atoms with E-state index in [0.29, 0.717) is 12.5 Å². The maximum absolute atomic E-state index is 11.2. The van der Waals surface area contributed by atoms with Gasteiger partial charge in [-0.05, 0) is 46.4 Å². The normalized spacial score (nSPS) is 11.2. The summed E-state index contributed by atoms with van der Waals surface area (Å²) in [6.07, 6.45) is 2.07. The number of carbonyl (C=O) groups is 1. The summed E-state index contributed by atoms with van der Waals surface area (Å²) < 4.78 is 8.31. The van der Waals surface area contributed by atoms with E-state index in [9.17, 15) is 9.90 Å². The van der Waals surface area contributed by atoms with E-state index in [1.807, 2.05) is 48.7 Å². The lowest BCUT2D eigenvalue weighted by atomic mass is 9.99. The van der Waals surface area contributed by atoms with Crippen molar-refractivity contribution in [3.63, 3.8) is 0 Å². The highest BCUT2D eigenvalue weighted by Crippen LogP contribution is 2.29. The van der Waals surface area contributed by atoms with Gasteiger partial charge in [0, 0.05) is 23.6 Å². The lowest BCUT2D eigenvalue weighted by Gasteiger charge is -2.16. The molecule has 1 aromatic heterocycles. The first-order valence-electron chi connectivity index (χ1n) is 10.6. The predicted octanol–water partition coefficient (Wildman–Crippen LogP) is 6.02. The van der Waals surface area contributed by atoms with Crippen molar-refractivity contribution >= 4 is 16.9 Å². The van der Waals surface area contributed by atoms with E-state index < -0.39 is 5.97 Å². The van der Waals surface area contributed by atoms with Gasteiger partial charge in [-0.15, -0.1) is 0 Å². The number of fused-ring (bicyclic) bond motifs is 1. The molecule has 0 aliphatic rings. The molecule has 3 aromatic carbocycles. The first-order valence-corrected chi connectivity index (χ1v) is 10.6. The molecule has 1 N–H and O–H groups in total. The third-order valence-electron chi connectivity index (χ3n) is 5.53. The van der Waals surface area contributed by atoms with Crippen LogP contribution in [0.4, 0.5) is 0 Å². The van der Waals surface area contributed by atoms with E-state index in [-0.39, 0.29) is 6.42 Å². The Morgan fingerprint density at radius 3 is 2.52 bits per heavy atom. The SMILES string of the molecule is CC(C)c1cc(Cn2ccc3c(CC(=O)O)cccc32)ccc1OCc1ccccc1. The fraction of sp³-hybridized carbons (Fsp3) is 0.222. The molecule has 0 bridgehead atoms. The average molecular weight is 414 g/mol. The molecule has 0 radical (unpaired) electrons. The number of hydrogen-bond acceptors (Lipinski definition) is 2. The summed E-state index contributed by atoms with van der Waals surface area (Å²) in [7, 11) is 0. The number of hydrogen-bond donors (Lipinski definition) is 1. The minimum Gasteiger partial charge on any atom is -0.489 e. The summed E-state index contributed by atoms with van der Waals surface area (Å²) in [5, 5.41) is 10.2. The lowest BCUT2D eigenvalue weighted by Crippen LogP contribution is -2.04. The Hall–Kier alpha value is -3.53. The Morgan fingerprint density at radius 1 is 0.968 bits per heavy atom. The molecule has 4 rings (SSSR count). The molecule has 4 heteroatoms. The van der Waals surface area contributed by atoms with Gasteiger partial charge in [-0.3, -0.25) is 4.79 Å². The zero-order valence-electron chi connectivity index (χ0n) is 17.9. The molecule has 31 heavy (non-hydrogen) atoms. The summed E-state index contributed by atoms with van der Waals surface area (Å²) in [5.74, 6) is 0.450. The quantitative estimate of drug-likeness (QED) is 0.384. The molecule has 1 heterocycles. The molecule has 158 valence electrons. The van der Waals surface area contributed by atoms with Gasteiger partial charge in [-0.25, -0.2) is 0 Å². The van der Waals surface area contributed by atoms with E-state index in [4.69, 9.17) is 4.74 Å². The molecule has 0 fully saturated rings. The molecule has 4 aromatic rings. The van der Waals surface area contributed by atoms with Gasteiger partial charge in [0.15, 0.2) is 0 Å². The van der Waals surface area contributed by atoms with Gasteiger partial charge in [0.25, 0.3) is 0 Å². The van der Waals surface area contributed by atoms with E-state index in [2.05, 4.69) is 48.7 Å². The fourth-order valence-corrected chi connectivity index (χ4v) is 3.95. The maximum atomic E-state index is 11.2. The van der Waals surface area contributed by atoms with Crippen molar-refractivity contribution in [2.24, 2.45) is 0 Å². The van der Waals surface area contributed by atoms with Crippen molar-refractivity contribution in [3.8, 4) is 5.75 Å². The Bertz CT molecular complexity index is 1190. The molecule has 0 atom stereocenters. The molecule has 4 nitrogen and oxygen atoms in total. The monoisotopic (exact) mass is 413 g/mol. The maximum Gasteiger partial charge on any atom is 0.307 e. The number of rotatable bonds is 8. The Labute approximate surface area is 182 Å². The fourth-order valence-electron chi connectivity index (χ4n) is 3.95. The summed E-state index contributed by atoms with van der Waals surface area (Å²) in [4.78, 5) is 11.2. The zero-order chi connectivity index (χ0) is 21.8. The van der Waals surface area contributed by atoms with Crippen molar-refractivity contribution < 1.29 is 14.6 Å². The number of aromatic nitrogens is 1. The van der Waals surface area contributed by atoms with Crippen LogP contribution in [-0.2, 0) is 24.4 Å². The third-order valence-corrected chi connectivity index (χ3v) is 5.53. The Kier molecular flexibility index (Phi) is 6.08. The molecule has 0 saturated heterocycles. The molecule has 0 amide bonds. The smallest absolute Gasteiger partial charge is 0.307 e. The van der Waals surface area contributed by atoms with Crippen LogP contribution in [0.3, 0.4) is 0 Å². The summed E-state index contributed by atoms with van der Waals surface area (Å²) in [6, 6.07) is 24.4. The minimum atomic E-state index is -0.812. The van der Waals surface area contributed by atoms with Crippen molar-refractivity contribution in [2.75, 3.05) is 0 Å². The molecule has 0 aliphatic heterocycles. The molecule has 0 spiro atoms. The van der Waals surface area contributed by atoms with E-state index in [1.165, 1.54) is 11.1 Å². The molecule has 0 unspecified atom stereocenters. The number of carboxylic acids is 1. The number of benzene rings is 3. The minimum absolute atomic E-state index is 0.0340. The van der Waals surface area contributed by atoms with Crippen LogP contribution in [0.2, 0.25) is 0 Å². The zero-order valence-corrected chi connectivity index (χ0v) is 17.9. The second kappa shape index (κ2) is 9.09. The highest BCUT2D eigenvalue weighted by Gasteiger charge is 2.12. The van der Waals surface area contributed by atoms with Gasteiger partial charge >= 0.3 is 5.97 Å². The number of ether oxygens (including phenoxy) is 1. The number of aliphatic carboxylic acids is 1. The van der Waals surface area contributed by atoms with Crippen LogP contribution in [0.15, 0.2) is 79.0 Å². The number of carboxylic acid groups (broad SMARTS) is 1. The van der Waals surface area contributed by atoms with Crippen molar-refractivity contribution in [2.45, 2.75) is 39.3 Å². The van der Waals surface area contributed by atoms with E-state index >= 15 is 0 Å². The van der Waals surface area contributed by atoms with E-state index in [0.717, 1.165) is 34.3 Å². The topological polar surface area (TPSA) is 51.5 Å². The highest BCUT2D eigenvalue weighted by atomic mass is 16.5. The predicted molar refractivity (Wildman–Crippen MR) is 124 cm³/mol. The lowest BCUT2D eigenvalue weighted by molar-refractivity contribution is -0.136. The first kappa shape index (κ1) is 20.7. The van der Waals surface area contributed by atoms with Crippen molar-refractivity contribution in [1.82, 2.24) is 4.57 Å². The van der Waals surface area contributed by atoms with Gasteiger partial charge < -0.3 is 14.4 Å². The summed E-state index contributed by atoms with van der Waals surface area (Å²) in [5.41, 5.74) is 5.43. The van der Waals surface area contributed by atoms with Crippen LogP contribution in [0.1, 0.15) is 42.0 Å². The summed E-state index contributed by atoms with van der Waals surface area (Å²) >= 11 is 0. The van der Waals surface area contributed by atoms with Gasteiger partial charge in [0.2, 0.25) is 0 Å². The second-order valence-corrected chi connectivity index (χ2v) is 8.17. The highest BCUT2D eigenvalue weighted by molar-refractivity contribution is 5.87. The van der Waals surface area contributed by atoms with Crippen molar-refractivity contribution in [1.29, 1.82) is 0 Å². The second-order valence-electron chi connectivity index (χ2n) is 8.17. The third kappa shape index (κ3) is 4.80.